The maximum Gasteiger partial charge on any atom is 0.435 e. The van der Waals surface area contributed by atoms with E-state index in [1.165, 1.54) is 0 Å². The Kier molecular flexibility index (Phi) is 7.16. The van der Waals surface area contributed by atoms with E-state index in [1.807, 2.05) is 5.09 Å². The molecule has 1 amide bonds. The lowest BCUT2D eigenvalue weighted by Gasteiger charge is -2.19. The summed E-state index contributed by atoms with van der Waals surface area (Å²) in [6.45, 7) is 3.26. The second-order valence-electron chi connectivity index (χ2n) is 2.61. The summed E-state index contributed by atoms with van der Waals surface area (Å²) in [6.07, 6.45) is 0. The SMILES string of the molecule is CCOP(=O)(NC(=O)P(=O)(OC)OC)OCC. The van der Waals surface area contributed by atoms with Gasteiger partial charge in [0.1, 0.15) is 0 Å². The Morgan fingerprint density at radius 1 is 1.06 bits per heavy atom. The molecule has 0 saturated carbocycles. The number of hydrogen-bond acceptors (Lipinski definition) is 7. The van der Waals surface area contributed by atoms with Gasteiger partial charge >= 0.3 is 21.0 Å². The number of nitrogens with one attached hydrogen (secondary N) is 1. The van der Waals surface area contributed by atoms with Crippen molar-refractivity contribution < 1.29 is 32.0 Å². The average Bonchev–Trinajstić information content (AvgIpc) is 2.28. The van der Waals surface area contributed by atoms with E-state index in [2.05, 4.69) is 9.05 Å². The first kappa shape index (κ1) is 16.8. The molecule has 0 heterocycles. The number of carbonyl (C=O) groups is 1. The highest BCUT2D eigenvalue weighted by molar-refractivity contribution is 7.73. The Balaban J connectivity index is 4.84. The largest absolute Gasteiger partial charge is 0.435 e. The first-order valence-corrected chi connectivity index (χ1v) is 7.89. The van der Waals surface area contributed by atoms with E-state index >= 15 is 0 Å². The lowest BCUT2D eigenvalue weighted by Crippen LogP contribution is -2.22. The van der Waals surface area contributed by atoms with Crippen molar-refractivity contribution in [1.82, 2.24) is 5.09 Å². The third-order valence-electron chi connectivity index (χ3n) is 1.56. The summed E-state index contributed by atoms with van der Waals surface area (Å²) in [6, 6.07) is 0. The van der Waals surface area contributed by atoms with Crippen LogP contribution in [0.3, 0.4) is 0 Å². The van der Waals surface area contributed by atoms with Crippen LogP contribution in [0.1, 0.15) is 13.8 Å². The zero-order valence-corrected chi connectivity index (χ0v) is 12.0. The normalized spacial score (nSPS) is 12.5. The van der Waals surface area contributed by atoms with E-state index in [-0.39, 0.29) is 13.2 Å². The lowest BCUT2D eigenvalue weighted by molar-refractivity contribution is 0.206. The van der Waals surface area contributed by atoms with Crippen LogP contribution >= 0.6 is 15.3 Å². The van der Waals surface area contributed by atoms with Crippen molar-refractivity contribution in [2.24, 2.45) is 0 Å². The van der Waals surface area contributed by atoms with E-state index < -0.39 is 21.0 Å². The summed E-state index contributed by atoms with van der Waals surface area (Å²) in [5.41, 5.74) is -1.17. The molecule has 0 aromatic heterocycles. The maximum absolute atomic E-state index is 11.9. The molecule has 0 rings (SSSR count). The highest BCUT2D eigenvalue weighted by Gasteiger charge is 2.38. The zero-order valence-electron chi connectivity index (χ0n) is 10.2. The van der Waals surface area contributed by atoms with Gasteiger partial charge in [-0.15, -0.1) is 0 Å². The first-order valence-electron chi connectivity index (χ1n) is 4.80. The van der Waals surface area contributed by atoms with E-state index in [0.29, 0.717) is 0 Å². The van der Waals surface area contributed by atoms with Gasteiger partial charge in [0.2, 0.25) is 0 Å². The topological polar surface area (TPSA) is 100 Å². The third-order valence-corrected chi connectivity index (χ3v) is 4.98. The minimum absolute atomic E-state index is 0.0574. The molecular weight excluding hydrogens is 272 g/mol. The highest BCUT2D eigenvalue weighted by Crippen LogP contribution is 2.52. The van der Waals surface area contributed by atoms with Crippen molar-refractivity contribution in [2.45, 2.75) is 13.8 Å². The monoisotopic (exact) mass is 289 g/mol. The Bertz CT molecular complexity index is 327. The van der Waals surface area contributed by atoms with Crippen molar-refractivity contribution in [2.75, 3.05) is 27.4 Å². The quantitative estimate of drug-likeness (QED) is 0.684. The molecule has 0 unspecified atom stereocenters. The Morgan fingerprint density at radius 2 is 1.47 bits per heavy atom. The molecule has 0 bridgehead atoms. The van der Waals surface area contributed by atoms with Crippen LogP contribution in [0.15, 0.2) is 0 Å². The van der Waals surface area contributed by atoms with Gasteiger partial charge in [-0.3, -0.25) is 18.9 Å². The minimum atomic E-state index is -4.00. The average molecular weight is 289 g/mol. The van der Waals surface area contributed by atoms with Crippen molar-refractivity contribution in [1.29, 1.82) is 0 Å². The molecule has 0 atom stereocenters. The molecule has 0 aliphatic carbocycles. The van der Waals surface area contributed by atoms with Crippen LogP contribution in [0.25, 0.3) is 0 Å². The molecule has 0 aromatic rings. The predicted molar refractivity (Wildman–Crippen MR) is 61.0 cm³/mol. The van der Waals surface area contributed by atoms with E-state index in [0.717, 1.165) is 14.2 Å². The van der Waals surface area contributed by atoms with Crippen molar-refractivity contribution in [3.8, 4) is 0 Å². The Labute approximate surface area is 100 Å². The highest BCUT2D eigenvalue weighted by atomic mass is 31.2. The van der Waals surface area contributed by atoms with E-state index in [1.54, 1.807) is 13.8 Å². The molecule has 0 aliphatic rings. The summed E-state index contributed by atoms with van der Waals surface area (Å²) < 4.78 is 42.0. The minimum Gasteiger partial charge on any atom is -0.305 e. The van der Waals surface area contributed by atoms with Crippen LogP contribution < -0.4 is 5.09 Å². The van der Waals surface area contributed by atoms with Crippen molar-refractivity contribution >= 4 is 21.0 Å². The molecule has 8 nitrogen and oxygen atoms in total. The number of rotatable bonds is 8. The van der Waals surface area contributed by atoms with Gasteiger partial charge in [-0.2, -0.15) is 0 Å². The number of amides is 1. The molecule has 0 aromatic carbocycles. The van der Waals surface area contributed by atoms with Gasteiger partial charge in [0.15, 0.2) is 0 Å². The molecule has 0 spiro atoms. The van der Waals surface area contributed by atoms with Crippen LogP contribution in [0.2, 0.25) is 0 Å². The van der Waals surface area contributed by atoms with Crippen LogP contribution in [0, 0.1) is 0 Å². The molecule has 0 fully saturated rings. The zero-order chi connectivity index (χ0) is 13.5. The fourth-order valence-corrected chi connectivity index (χ4v) is 3.32. The van der Waals surface area contributed by atoms with Gasteiger partial charge < -0.3 is 9.05 Å². The molecule has 0 aliphatic heterocycles. The smallest absolute Gasteiger partial charge is 0.305 e. The van der Waals surface area contributed by atoms with Crippen LogP contribution in [0.5, 0.6) is 0 Å². The summed E-state index contributed by atoms with van der Waals surface area (Å²) in [7, 11) is -5.75. The van der Waals surface area contributed by atoms with E-state index in [4.69, 9.17) is 9.05 Å². The molecule has 0 saturated heterocycles. The Morgan fingerprint density at radius 3 is 1.76 bits per heavy atom. The molecule has 102 valence electrons. The fraction of sp³-hybridized carbons (Fsp3) is 0.857. The van der Waals surface area contributed by atoms with Gasteiger partial charge in [0.05, 0.1) is 13.2 Å². The van der Waals surface area contributed by atoms with Gasteiger partial charge in [-0.25, -0.2) is 9.13 Å². The third kappa shape index (κ3) is 4.87. The van der Waals surface area contributed by atoms with E-state index in [9.17, 15) is 13.9 Å². The summed E-state index contributed by atoms with van der Waals surface area (Å²) >= 11 is 0. The van der Waals surface area contributed by atoms with Crippen LogP contribution in [-0.2, 0) is 27.2 Å². The molecule has 0 radical (unpaired) electrons. The van der Waals surface area contributed by atoms with Gasteiger partial charge in [0.25, 0.3) is 0 Å². The summed E-state index contributed by atoms with van der Waals surface area (Å²) in [5, 5.41) is 1.90. The fourth-order valence-electron chi connectivity index (χ4n) is 0.860. The van der Waals surface area contributed by atoms with Crippen LogP contribution in [-0.4, -0.2) is 33.1 Å². The summed E-state index contributed by atoms with van der Waals surface area (Å²) in [4.78, 5) is 11.5. The molecule has 17 heavy (non-hydrogen) atoms. The number of carbonyl (C=O) groups excluding carboxylic acids is 1. The molecular formula is C7H17NO7P2. The van der Waals surface area contributed by atoms with Gasteiger partial charge in [-0.1, -0.05) is 0 Å². The molecule has 10 heteroatoms. The second-order valence-corrected chi connectivity index (χ2v) is 6.48. The first-order chi connectivity index (χ1) is 7.87. The second kappa shape index (κ2) is 7.26. The maximum atomic E-state index is 11.9. The van der Waals surface area contributed by atoms with Gasteiger partial charge in [0, 0.05) is 14.2 Å². The van der Waals surface area contributed by atoms with Crippen molar-refractivity contribution in [3.05, 3.63) is 0 Å². The summed E-state index contributed by atoms with van der Waals surface area (Å²) in [5.74, 6) is 0. The number of hydrogen-bond donors (Lipinski definition) is 1. The van der Waals surface area contributed by atoms with Crippen molar-refractivity contribution in [3.63, 3.8) is 0 Å². The predicted octanol–water partition coefficient (Wildman–Crippen LogP) is 2.36. The molecule has 1 N–H and O–H groups in total. The standard InChI is InChI=1S/C7H17NO7P2/c1-5-14-17(11,15-6-2)8-7(9)16(10,12-3)13-4/h5-6H2,1-4H3,(H,8,9,11). The lowest BCUT2D eigenvalue weighted by atomic mass is 10.9. The van der Waals surface area contributed by atoms with Crippen LogP contribution in [0.4, 0.5) is 4.79 Å². The van der Waals surface area contributed by atoms with Gasteiger partial charge in [-0.05, 0) is 13.8 Å². The Hall–Kier alpha value is -0.230.